The summed E-state index contributed by atoms with van der Waals surface area (Å²) in [5.41, 5.74) is 6.80. The highest BCUT2D eigenvalue weighted by molar-refractivity contribution is 5.18. The Morgan fingerprint density at radius 3 is 2.48 bits per heavy atom. The van der Waals surface area contributed by atoms with Crippen molar-refractivity contribution in [3.05, 3.63) is 35.6 Å². The van der Waals surface area contributed by atoms with Gasteiger partial charge in [-0.3, -0.25) is 0 Å². The van der Waals surface area contributed by atoms with Crippen LogP contribution in [0.15, 0.2) is 24.3 Å². The van der Waals surface area contributed by atoms with Crippen LogP contribution in [0.5, 0.6) is 0 Å². The van der Waals surface area contributed by atoms with Crippen molar-refractivity contribution in [2.45, 2.75) is 38.6 Å². The molecule has 0 aromatic heterocycles. The van der Waals surface area contributed by atoms with Gasteiger partial charge in [0, 0.05) is 19.8 Å². The Morgan fingerprint density at radius 2 is 1.90 bits per heavy atom. The highest BCUT2D eigenvalue weighted by Gasteiger charge is 2.13. The second-order valence-corrected chi connectivity index (χ2v) is 5.47. The molecule has 0 aliphatic carbocycles. The van der Waals surface area contributed by atoms with Gasteiger partial charge in [-0.15, -0.1) is 0 Å². The summed E-state index contributed by atoms with van der Waals surface area (Å²) in [6.45, 7) is 6.23. The van der Waals surface area contributed by atoms with E-state index in [1.165, 1.54) is 32.0 Å². The topological polar surface area (TPSA) is 38.5 Å². The van der Waals surface area contributed by atoms with Gasteiger partial charge in [0.1, 0.15) is 5.82 Å². The number of methoxy groups -OCH3 is 1. The molecule has 0 saturated carbocycles. The van der Waals surface area contributed by atoms with Crippen LogP contribution in [0.2, 0.25) is 0 Å². The second-order valence-electron chi connectivity index (χ2n) is 5.47. The number of ether oxygens (including phenoxy) is 1. The molecule has 0 bridgehead atoms. The van der Waals surface area contributed by atoms with Crippen LogP contribution in [0.3, 0.4) is 0 Å². The van der Waals surface area contributed by atoms with Gasteiger partial charge in [-0.05, 0) is 63.9 Å². The lowest BCUT2D eigenvalue weighted by Crippen LogP contribution is -2.30. The molecule has 2 rings (SSSR count). The van der Waals surface area contributed by atoms with E-state index < -0.39 is 0 Å². The van der Waals surface area contributed by atoms with E-state index in [9.17, 15) is 4.39 Å². The minimum atomic E-state index is -0.135. The predicted octanol–water partition coefficient (Wildman–Crippen LogP) is 2.83. The van der Waals surface area contributed by atoms with Gasteiger partial charge in [-0.1, -0.05) is 18.2 Å². The van der Waals surface area contributed by atoms with Crippen molar-refractivity contribution in [3.8, 4) is 0 Å². The summed E-state index contributed by atoms with van der Waals surface area (Å²) in [7, 11) is 1.68. The molecule has 1 aromatic rings. The molecule has 1 fully saturated rings. The molecule has 1 aromatic carbocycles. The maximum atomic E-state index is 13.4. The third-order valence-corrected chi connectivity index (χ3v) is 3.74. The van der Waals surface area contributed by atoms with E-state index in [0.717, 1.165) is 25.1 Å². The fraction of sp³-hybridized carbons (Fsp3) is 0.647. The summed E-state index contributed by atoms with van der Waals surface area (Å²) >= 11 is 0. The first-order chi connectivity index (χ1) is 10.2. The lowest BCUT2D eigenvalue weighted by Gasteiger charge is -2.18. The first-order valence-corrected chi connectivity index (χ1v) is 7.87. The number of halogens is 1. The Hall–Kier alpha value is -0.970. The molecule has 1 unspecified atom stereocenters. The van der Waals surface area contributed by atoms with Crippen LogP contribution in [0.25, 0.3) is 0 Å². The van der Waals surface area contributed by atoms with Crippen LogP contribution in [0.1, 0.15) is 31.7 Å². The first-order valence-electron chi connectivity index (χ1n) is 7.87. The number of nitrogens with zero attached hydrogens (tertiary/aromatic N) is 1. The standard InChI is InChI=1S/C14H21FN2.C3H8O/c15-14-6-2-1-5-12(14)11-13(16)7-10-17-8-3-4-9-17;1-3-4-2/h1-2,5-6,13H,3-4,7-11,16H2;3H2,1-2H3. The highest BCUT2D eigenvalue weighted by atomic mass is 19.1. The smallest absolute Gasteiger partial charge is 0.126 e. The molecule has 0 amide bonds. The van der Waals surface area contributed by atoms with Gasteiger partial charge in [-0.25, -0.2) is 4.39 Å². The average molecular weight is 296 g/mol. The Labute approximate surface area is 128 Å². The van der Waals surface area contributed by atoms with E-state index in [0.29, 0.717) is 6.42 Å². The van der Waals surface area contributed by atoms with Crippen LogP contribution in [0.4, 0.5) is 4.39 Å². The third-order valence-electron chi connectivity index (χ3n) is 3.74. The van der Waals surface area contributed by atoms with E-state index in [1.807, 2.05) is 19.1 Å². The summed E-state index contributed by atoms with van der Waals surface area (Å²) in [6.07, 6.45) is 4.21. The average Bonchev–Trinajstić information content (AvgIpc) is 3.01. The molecular weight excluding hydrogens is 267 g/mol. The monoisotopic (exact) mass is 296 g/mol. The van der Waals surface area contributed by atoms with Gasteiger partial charge in [-0.2, -0.15) is 0 Å². The minimum Gasteiger partial charge on any atom is -0.385 e. The van der Waals surface area contributed by atoms with Gasteiger partial charge in [0.2, 0.25) is 0 Å². The van der Waals surface area contributed by atoms with Crippen molar-refractivity contribution in [1.82, 2.24) is 4.90 Å². The number of nitrogens with two attached hydrogens (primary N) is 1. The summed E-state index contributed by atoms with van der Waals surface area (Å²) in [4.78, 5) is 2.45. The van der Waals surface area contributed by atoms with Gasteiger partial charge < -0.3 is 15.4 Å². The molecule has 3 nitrogen and oxygen atoms in total. The van der Waals surface area contributed by atoms with Crippen LogP contribution in [0, 0.1) is 5.82 Å². The van der Waals surface area contributed by atoms with Crippen LogP contribution in [-0.2, 0) is 11.2 Å². The minimum absolute atomic E-state index is 0.0625. The summed E-state index contributed by atoms with van der Waals surface area (Å²) in [6, 6.07) is 6.97. The molecule has 2 N–H and O–H groups in total. The Balaban J connectivity index is 0.000000491. The number of benzene rings is 1. The van der Waals surface area contributed by atoms with Gasteiger partial charge in [0.15, 0.2) is 0 Å². The third kappa shape index (κ3) is 7.55. The SMILES string of the molecule is CCOC.NC(CCN1CCCC1)Cc1ccccc1F. The van der Waals surface area contributed by atoms with Crippen LogP contribution >= 0.6 is 0 Å². The van der Waals surface area contributed by atoms with Crippen LogP contribution < -0.4 is 5.73 Å². The molecule has 21 heavy (non-hydrogen) atoms. The molecule has 1 atom stereocenters. The van der Waals surface area contributed by atoms with E-state index in [4.69, 9.17) is 5.73 Å². The quantitative estimate of drug-likeness (QED) is 0.877. The van der Waals surface area contributed by atoms with E-state index in [1.54, 1.807) is 13.2 Å². The fourth-order valence-corrected chi connectivity index (χ4v) is 2.40. The van der Waals surface area contributed by atoms with Crippen molar-refractivity contribution in [2.75, 3.05) is 33.4 Å². The van der Waals surface area contributed by atoms with E-state index in [2.05, 4.69) is 9.64 Å². The van der Waals surface area contributed by atoms with Crippen molar-refractivity contribution >= 4 is 0 Å². The number of hydrogen-bond acceptors (Lipinski definition) is 3. The maximum absolute atomic E-state index is 13.4. The number of likely N-dealkylation sites (tertiary alicyclic amines) is 1. The zero-order chi connectivity index (χ0) is 15.5. The van der Waals surface area contributed by atoms with Crippen molar-refractivity contribution in [1.29, 1.82) is 0 Å². The zero-order valence-corrected chi connectivity index (χ0v) is 13.4. The number of hydrogen-bond donors (Lipinski definition) is 1. The second kappa shape index (κ2) is 10.7. The molecule has 1 aliphatic heterocycles. The van der Waals surface area contributed by atoms with Crippen molar-refractivity contribution in [2.24, 2.45) is 5.73 Å². The molecule has 4 heteroatoms. The molecule has 0 spiro atoms. The number of rotatable bonds is 6. The lowest BCUT2D eigenvalue weighted by atomic mass is 10.0. The fourth-order valence-electron chi connectivity index (χ4n) is 2.40. The predicted molar refractivity (Wildman–Crippen MR) is 85.9 cm³/mol. The molecular formula is C17H29FN2O. The normalized spacial score (nSPS) is 16.4. The van der Waals surface area contributed by atoms with Crippen LogP contribution in [-0.4, -0.2) is 44.3 Å². The van der Waals surface area contributed by atoms with Crippen molar-refractivity contribution < 1.29 is 9.13 Å². The summed E-state index contributed by atoms with van der Waals surface area (Å²) in [5, 5.41) is 0. The molecule has 1 aliphatic rings. The summed E-state index contributed by atoms with van der Waals surface area (Å²) < 4.78 is 18.0. The first kappa shape index (κ1) is 18.1. The Kier molecular flexibility index (Phi) is 9.22. The lowest BCUT2D eigenvalue weighted by molar-refractivity contribution is 0.215. The molecule has 0 radical (unpaired) electrons. The van der Waals surface area contributed by atoms with Gasteiger partial charge >= 0.3 is 0 Å². The zero-order valence-electron chi connectivity index (χ0n) is 13.4. The largest absolute Gasteiger partial charge is 0.385 e. The Bertz CT molecular complexity index is 379. The Morgan fingerprint density at radius 1 is 1.29 bits per heavy atom. The van der Waals surface area contributed by atoms with Gasteiger partial charge in [0.25, 0.3) is 0 Å². The molecule has 1 saturated heterocycles. The summed E-state index contributed by atoms with van der Waals surface area (Å²) in [5.74, 6) is -0.135. The van der Waals surface area contributed by atoms with E-state index in [-0.39, 0.29) is 11.9 Å². The highest BCUT2D eigenvalue weighted by Crippen LogP contribution is 2.12. The molecule has 1 heterocycles. The molecule has 120 valence electrons. The van der Waals surface area contributed by atoms with E-state index >= 15 is 0 Å². The van der Waals surface area contributed by atoms with Crippen molar-refractivity contribution in [3.63, 3.8) is 0 Å². The van der Waals surface area contributed by atoms with Gasteiger partial charge in [0.05, 0.1) is 0 Å². The maximum Gasteiger partial charge on any atom is 0.126 e.